The maximum Gasteiger partial charge on any atom is 0.408 e. The number of fused-ring (bicyclic) bond motifs is 3. The van der Waals surface area contributed by atoms with Gasteiger partial charge in [-0.1, -0.05) is 84.9 Å². The number of carbonyl (C=O) groups is 9. The van der Waals surface area contributed by atoms with Gasteiger partial charge in [0.1, 0.15) is 54.5 Å². The summed E-state index contributed by atoms with van der Waals surface area (Å²) in [6.07, 6.45) is 5.05. The van der Waals surface area contributed by atoms with Crippen molar-refractivity contribution >= 4 is 98.2 Å². The third-order valence-corrected chi connectivity index (χ3v) is 16.6. The standard InChI is InChI=1S/C69H90N18O11/c1-69(2,3)98-67(95)77-30-14-13-26-51(58(70)88)81-59(89)52(27-15-31-75-65(71)72)82-60(90)53(28-16-32-76-66(73)74)83-61(91)54(34-42-37-78-48-23-10-7-20-45(42)48)84-63(93)57-29-17-33-87(57)64(94)56(36-44-39-80-50-25-12-9-22-47(44)50)85-62(92)55(35-43-38-79-49-24-11-8-21-46(43)49)86-68(96)97-40-41-18-5-4-6-19-41/h4-12,18-25,37-39,51-57,78-80H,13-17,26-36,40H2,1-3H3,(H2,70,88)(H,77,95)(H,81,89)(H,82,90)(H,83,91)(H,84,93)(H,85,92)(H,86,96)(H4,71,72,75)(H4,73,74,76)/t51-,52-,53-,54-,55-,56-,57-/m0/s1. The van der Waals surface area contributed by atoms with E-state index in [-0.39, 0.29) is 102 Å². The lowest BCUT2D eigenvalue weighted by atomic mass is 10.0. The van der Waals surface area contributed by atoms with E-state index in [1.165, 1.54) is 4.90 Å². The highest BCUT2D eigenvalue weighted by atomic mass is 16.6. The van der Waals surface area contributed by atoms with Crippen molar-refractivity contribution in [1.29, 1.82) is 0 Å². The summed E-state index contributed by atoms with van der Waals surface area (Å²) in [5, 5.41) is 21.9. The number of aromatic nitrogens is 3. The summed E-state index contributed by atoms with van der Waals surface area (Å²) in [6, 6.07) is 22.2. The highest BCUT2D eigenvalue weighted by Crippen LogP contribution is 2.26. The molecule has 29 nitrogen and oxygen atoms in total. The highest BCUT2D eigenvalue weighted by molar-refractivity contribution is 5.99. The van der Waals surface area contributed by atoms with Crippen molar-refractivity contribution in [3.63, 3.8) is 0 Å². The van der Waals surface area contributed by atoms with Gasteiger partial charge < -0.3 is 95.2 Å². The van der Waals surface area contributed by atoms with Crippen LogP contribution in [0.5, 0.6) is 0 Å². The van der Waals surface area contributed by atoms with Gasteiger partial charge in [-0.25, -0.2) is 9.59 Å². The number of hydrogen-bond acceptors (Lipinski definition) is 13. The molecule has 20 N–H and O–H groups in total. The number of alkyl carbamates (subject to hydrolysis) is 2. The van der Waals surface area contributed by atoms with E-state index in [0.29, 0.717) is 36.0 Å². The van der Waals surface area contributed by atoms with Gasteiger partial charge in [-0.3, -0.25) is 43.5 Å². The van der Waals surface area contributed by atoms with Crippen LogP contribution < -0.4 is 65.9 Å². The van der Waals surface area contributed by atoms with E-state index < -0.39 is 101 Å². The Morgan fingerprint density at radius 2 is 0.959 bits per heavy atom. The van der Waals surface area contributed by atoms with E-state index in [9.17, 15) is 28.8 Å². The molecule has 1 aliphatic heterocycles. The molecule has 3 aromatic heterocycles. The lowest BCUT2D eigenvalue weighted by Gasteiger charge is -2.31. The zero-order valence-electron chi connectivity index (χ0n) is 55.3. The Bertz CT molecular complexity index is 3960. The van der Waals surface area contributed by atoms with Crippen molar-refractivity contribution in [3.05, 3.63) is 144 Å². The first-order valence-corrected chi connectivity index (χ1v) is 32.8. The maximum absolute atomic E-state index is 15.5. The average molecular weight is 1350 g/mol. The Morgan fingerprint density at radius 3 is 1.45 bits per heavy atom. The number of likely N-dealkylation sites (tertiary alicyclic amines) is 1. The van der Waals surface area contributed by atoms with Crippen LogP contribution in [0.4, 0.5) is 9.59 Å². The van der Waals surface area contributed by atoms with Gasteiger partial charge in [0, 0.05) is 96.7 Å². The topological polar surface area (TPSA) is 462 Å². The fourth-order valence-corrected chi connectivity index (χ4v) is 11.8. The second-order valence-corrected chi connectivity index (χ2v) is 25.2. The number of rotatable bonds is 34. The first-order chi connectivity index (χ1) is 47.0. The summed E-state index contributed by atoms with van der Waals surface area (Å²) >= 11 is 0. The molecule has 98 heavy (non-hydrogen) atoms. The third-order valence-electron chi connectivity index (χ3n) is 16.6. The minimum Gasteiger partial charge on any atom is -0.445 e. The Morgan fingerprint density at radius 1 is 0.520 bits per heavy atom. The number of primary amides is 1. The zero-order chi connectivity index (χ0) is 70.3. The lowest BCUT2D eigenvalue weighted by Crippen LogP contribution is -2.60. The van der Waals surface area contributed by atoms with Crippen molar-refractivity contribution in [3.8, 4) is 0 Å². The highest BCUT2D eigenvalue weighted by Gasteiger charge is 2.41. The molecule has 8 rings (SSSR count). The second kappa shape index (κ2) is 35.0. The van der Waals surface area contributed by atoms with E-state index in [1.54, 1.807) is 51.5 Å². The van der Waals surface area contributed by atoms with Gasteiger partial charge in [0.2, 0.25) is 41.4 Å². The van der Waals surface area contributed by atoms with Gasteiger partial charge >= 0.3 is 12.2 Å². The Labute approximate surface area is 566 Å². The normalized spacial score (nSPS) is 14.7. The number of H-pyrrole nitrogens is 3. The van der Waals surface area contributed by atoms with E-state index in [1.807, 2.05) is 91.0 Å². The summed E-state index contributed by atoms with van der Waals surface area (Å²) < 4.78 is 10.9. The minimum absolute atomic E-state index is 0.00797. The van der Waals surface area contributed by atoms with Crippen LogP contribution in [0.1, 0.15) is 101 Å². The lowest BCUT2D eigenvalue weighted by molar-refractivity contribution is -0.142. The van der Waals surface area contributed by atoms with Crippen LogP contribution in [0.25, 0.3) is 32.7 Å². The number of guanidine groups is 2. The molecule has 1 aliphatic rings. The minimum atomic E-state index is -1.42. The summed E-state index contributed by atoms with van der Waals surface area (Å²) in [5.41, 5.74) is 32.6. The Kier molecular flexibility index (Phi) is 26.0. The van der Waals surface area contributed by atoms with E-state index in [0.717, 1.165) is 38.3 Å². The number of nitrogens with two attached hydrogens (primary N) is 5. The zero-order valence-corrected chi connectivity index (χ0v) is 55.3. The average Bonchev–Trinajstić information content (AvgIpc) is 1.64. The number of nitrogens with zero attached hydrogens (tertiary/aromatic N) is 3. The second-order valence-electron chi connectivity index (χ2n) is 25.2. The number of aromatic amines is 3. The molecule has 9 amide bonds. The molecule has 4 heterocycles. The molecular weight excluding hydrogens is 1260 g/mol. The summed E-state index contributed by atoms with van der Waals surface area (Å²) in [6.45, 7) is 5.50. The number of aliphatic imine (C=N–C) groups is 2. The van der Waals surface area contributed by atoms with Gasteiger partial charge in [0.05, 0.1) is 0 Å². The van der Waals surface area contributed by atoms with Gasteiger partial charge in [-0.05, 0) is 119 Å². The Hall–Kier alpha value is -11.1. The van der Waals surface area contributed by atoms with Gasteiger partial charge in [-0.15, -0.1) is 0 Å². The predicted molar refractivity (Wildman–Crippen MR) is 371 cm³/mol. The summed E-state index contributed by atoms with van der Waals surface area (Å²) in [7, 11) is 0. The molecule has 1 saturated heterocycles. The van der Waals surface area contributed by atoms with Gasteiger partial charge in [0.15, 0.2) is 11.9 Å². The molecule has 29 heteroatoms. The molecule has 0 bridgehead atoms. The van der Waals surface area contributed by atoms with Crippen LogP contribution in [0.3, 0.4) is 0 Å². The molecule has 0 radical (unpaired) electrons. The predicted octanol–water partition coefficient (Wildman–Crippen LogP) is 3.16. The number of amides is 9. The fraction of sp³-hybridized carbons (Fsp3) is 0.406. The van der Waals surface area contributed by atoms with Crippen LogP contribution in [0, 0.1) is 0 Å². The van der Waals surface area contributed by atoms with Crippen molar-refractivity contribution in [1.82, 2.24) is 57.1 Å². The van der Waals surface area contributed by atoms with E-state index in [2.05, 4.69) is 62.2 Å². The Balaban J connectivity index is 1.04. The first kappa shape index (κ1) is 72.7. The summed E-state index contributed by atoms with van der Waals surface area (Å²) in [5.74, 6) is -5.73. The van der Waals surface area contributed by atoms with Crippen molar-refractivity contribution in [2.24, 2.45) is 38.7 Å². The number of nitrogens with one attached hydrogen (secondary N) is 10. The van der Waals surface area contributed by atoms with Crippen molar-refractivity contribution in [2.75, 3.05) is 26.2 Å². The van der Waals surface area contributed by atoms with Crippen molar-refractivity contribution < 1.29 is 52.6 Å². The maximum atomic E-state index is 15.5. The first-order valence-electron chi connectivity index (χ1n) is 32.8. The number of hydrogen-bond donors (Lipinski definition) is 15. The smallest absolute Gasteiger partial charge is 0.408 e. The number of carbonyl (C=O) groups excluding carboxylic acids is 9. The molecule has 522 valence electrons. The molecule has 0 spiro atoms. The monoisotopic (exact) mass is 1350 g/mol. The molecule has 0 aliphatic carbocycles. The number of ether oxygens (including phenoxy) is 2. The molecular formula is C69H90N18O11. The van der Waals surface area contributed by atoms with Crippen LogP contribution >= 0.6 is 0 Å². The van der Waals surface area contributed by atoms with Gasteiger partial charge in [-0.2, -0.15) is 0 Å². The SMILES string of the molecule is CC(C)(C)OC(=O)NCCCC[C@H](NC(=O)[C@H](CCCN=C(N)N)NC(=O)[C@H](CCCN=C(N)N)NC(=O)[C@H](Cc1c[nH]c2ccccc12)NC(=O)[C@@H]1CCCN1C(=O)[C@H](Cc1c[nH]c2ccccc12)NC(=O)[C@H](Cc1c[nH]c2ccccc12)NC(=O)OCc1ccccc1)C(N)=O. The van der Waals surface area contributed by atoms with Gasteiger partial charge in [0.25, 0.3) is 0 Å². The number of benzene rings is 4. The van der Waals surface area contributed by atoms with Crippen LogP contribution in [-0.2, 0) is 68.9 Å². The largest absolute Gasteiger partial charge is 0.445 e. The summed E-state index contributed by atoms with van der Waals surface area (Å²) in [4.78, 5) is 148. The molecule has 7 aromatic rings. The van der Waals surface area contributed by atoms with Crippen LogP contribution in [0.15, 0.2) is 132 Å². The number of para-hydroxylation sites is 3. The fourth-order valence-electron chi connectivity index (χ4n) is 11.8. The molecule has 1 fully saturated rings. The van der Waals surface area contributed by atoms with Crippen molar-refractivity contribution in [2.45, 2.75) is 152 Å². The van der Waals surface area contributed by atoms with Crippen LogP contribution in [-0.4, -0.2) is 159 Å². The number of unbranched alkanes of at least 4 members (excludes halogenated alkanes) is 1. The molecule has 0 unspecified atom stereocenters. The quantitative estimate of drug-likeness (QED) is 0.0157. The third kappa shape index (κ3) is 21.4. The van der Waals surface area contributed by atoms with E-state index in [4.69, 9.17) is 38.1 Å². The molecule has 0 saturated carbocycles. The molecule has 7 atom stereocenters. The molecule has 4 aromatic carbocycles. The van der Waals surface area contributed by atoms with Crippen LogP contribution in [0.2, 0.25) is 0 Å². The van der Waals surface area contributed by atoms with E-state index >= 15 is 14.4 Å².